The molecule has 5 aromatic rings. The van der Waals surface area contributed by atoms with Gasteiger partial charge in [0, 0.05) is 17.4 Å². The summed E-state index contributed by atoms with van der Waals surface area (Å²) in [4.78, 5) is 17.5. The molecule has 0 bridgehead atoms. The Morgan fingerprint density at radius 3 is 2.58 bits per heavy atom. The zero-order chi connectivity index (χ0) is 25.4. The molecule has 0 radical (unpaired) electrons. The van der Waals surface area contributed by atoms with Gasteiger partial charge in [-0.3, -0.25) is 4.79 Å². The molecular formula is C25H22N6O4S. The fourth-order valence-electron chi connectivity index (χ4n) is 3.97. The van der Waals surface area contributed by atoms with E-state index in [9.17, 15) is 13.2 Å². The average molecular weight is 503 g/mol. The highest BCUT2D eigenvalue weighted by Gasteiger charge is 2.21. The molecular weight excluding hydrogens is 480 g/mol. The summed E-state index contributed by atoms with van der Waals surface area (Å²) in [6, 6.07) is 17.0. The molecule has 4 N–H and O–H groups in total. The maximum absolute atomic E-state index is 13.2. The number of furan rings is 1. The monoisotopic (exact) mass is 502 g/mol. The van der Waals surface area contributed by atoms with Crippen molar-refractivity contribution in [2.75, 3.05) is 18.1 Å². The molecule has 0 saturated heterocycles. The number of nitrogens with one attached hydrogen (secondary N) is 2. The van der Waals surface area contributed by atoms with Gasteiger partial charge in [0.05, 0.1) is 16.0 Å². The molecule has 3 aromatic heterocycles. The lowest BCUT2D eigenvalue weighted by atomic mass is 10.1. The fourth-order valence-corrected chi connectivity index (χ4v) is 4.92. The second kappa shape index (κ2) is 8.95. The maximum atomic E-state index is 13.2. The van der Waals surface area contributed by atoms with E-state index in [2.05, 4.69) is 20.1 Å². The molecule has 0 unspecified atom stereocenters. The molecule has 10 nitrogen and oxygen atoms in total. The number of hydrogen-bond donors (Lipinski definition) is 3. The Labute approximate surface area is 206 Å². The zero-order valence-electron chi connectivity index (χ0n) is 19.4. The van der Waals surface area contributed by atoms with Crippen molar-refractivity contribution in [3.63, 3.8) is 0 Å². The largest absolute Gasteiger partial charge is 0.462 e. The number of aromatic nitrogens is 3. The van der Waals surface area contributed by atoms with Crippen LogP contribution in [0.5, 0.6) is 0 Å². The van der Waals surface area contributed by atoms with Gasteiger partial charge in [0.25, 0.3) is 5.91 Å². The Kier molecular flexibility index (Phi) is 5.78. The van der Waals surface area contributed by atoms with Crippen molar-refractivity contribution < 1.29 is 17.6 Å². The second-order valence-corrected chi connectivity index (χ2v) is 9.86. The number of nitrogens with two attached hydrogens (primary N) is 1. The number of carbonyl (C=O) groups excluding carboxylic acids is 1. The van der Waals surface area contributed by atoms with E-state index in [1.54, 1.807) is 73.8 Å². The number of amides is 1. The Hall–Kier alpha value is -4.48. The minimum Gasteiger partial charge on any atom is -0.462 e. The molecule has 0 atom stereocenters. The number of rotatable bonds is 6. The van der Waals surface area contributed by atoms with Crippen LogP contribution in [0.15, 0.2) is 82.4 Å². The molecule has 5 rings (SSSR count). The molecule has 36 heavy (non-hydrogen) atoms. The van der Waals surface area contributed by atoms with Crippen LogP contribution in [0.1, 0.15) is 16.2 Å². The average Bonchev–Trinajstić information content (AvgIpc) is 3.49. The van der Waals surface area contributed by atoms with E-state index in [1.807, 2.05) is 0 Å². The summed E-state index contributed by atoms with van der Waals surface area (Å²) >= 11 is 0. The quantitative estimate of drug-likeness (QED) is 0.321. The van der Waals surface area contributed by atoms with Gasteiger partial charge < -0.3 is 15.5 Å². The van der Waals surface area contributed by atoms with Crippen molar-refractivity contribution in [2.45, 2.75) is 11.8 Å². The van der Waals surface area contributed by atoms with Gasteiger partial charge in [0.15, 0.2) is 0 Å². The van der Waals surface area contributed by atoms with Gasteiger partial charge in [-0.15, -0.1) is 0 Å². The topological polar surface area (TPSA) is 145 Å². The SMILES string of the molecule is CNS(=O)(=O)c1ccccc1-c1ccc(NC(=O)c2cc(C)nn2-c2coc3ccnc(N)c23)cc1. The molecule has 0 fully saturated rings. The number of anilines is 2. The van der Waals surface area contributed by atoms with Crippen molar-refractivity contribution in [3.05, 3.63) is 84.5 Å². The molecule has 11 heteroatoms. The summed E-state index contributed by atoms with van der Waals surface area (Å²) in [7, 11) is -2.27. The fraction of sp³-hybridized carbons (Fsp3) is 0.0800. The highest BCUT2D eigenvalue weighted by molar-refractivity contribution is 7.89. The first-order chi connectivity index (χ1) is 17.3. The summed E-state index contributed by atoms with van der Waals surface area (Å²) in [5.74, 6) is -0.120. The van der Waals surface area contributed by atoms with Crippen LogP contribution in [0.3, 0.4) is 0 Å². The van der Waals surface area contributed by atoms with Crippen LogP contribution in [0.2, 0.25) is 0 Å². The third kappa shape index (κ3) is 4.10. The highest BCUT2D eigenvalue weighted by atomic mass is 32.2. The van der Waals surface area contributed by atoms with Crippen molar-refractivity contribution in [3.8, 4) is 16.8 Å². The van der Waals surface area contributed by atoms with E-state index in [0.29, 0.717) is 39.2 Å². The van der Waals surface area contributed by atoms with Crippen LogP contribution in [0.4, 0.5) is 11.5 Å². The van der Waals surface area contributed by atoms with Gasteiger partial charge in [-0.25, -0.2) is 22.8 Å². The van der Waals surface area contributed by atoms with Gasteiger partial charge in [0.1, 0.15) is 29.0 Å². The number of carbonyl (C=O) groups is 1. The summed E-state index contributed by atoms with van der Waals surface area (Å²) in [6.07, 6.45) is 3.03. The van der Waals surface area contributed by atoms with Crippen LogP contribution in [0, 0.1) is 6.92 Å². The Balaban J connectivity index is 1.45. The summed E-state index contributed by atoms with van der Waals surface area (Å²) in [6.45, 7) is 1.78. The molecule has 1 amide bonds. The lowest BCUT2D eigenvalue weighted by Gasteiger charge is -2.11. The normalized spacial score (nSPS) is 11.6. The first-order valence-electron chi connectivity index (χ1n) is 10.9. The minimum atomic E-state index is -3.64. The summed E-state index contributed by atoms with van der Waals surface area (Å²) in [5.41, 5.74) is 9.78. The number of nitrogens with zero attached hydrogens (tertiary/aromatic N) is 3. The third-order valence-corrected chi connectivity index (χ3v) is 7.16. The Bertz CT molecular complexity index is 1700. The predicted octanol–water partition coefficient (Wildman–Crippen LogP) is 3.73. The van der Waals surface area contributed by atoms with Gasteiger partial charge in [-0.2, -0.15) is 5.10 Å². The van der Waals surface area contributed by atoms with Gasteiger partial charge in [-0.05, 0) is 49.9 Å². The number of pyridine rings is 1. The van der Waals surface area contributed by atoms with E-state index < -0.39 is 15.9 Å². The van der Waals surface area contributed by atoms with E-state index in [1.165, 1.54) is 18.0 Å². The zero-order valence-corrected chi connectivity index (χ0v) is 20.2. The van der Waals surface area contributed by atoms with Crippen LogP contribution in [-0.4, -0.2) is 36.1 Å². The van der Waals surface area contributed by atoms with E-state index in [4.69, 9.17) is 10.2 Å². The Morgan fingerprint density at radius 2 is 1.83 bits per heavy atom. The Morgan fingerprint density at radius 1 is 1.08 bits per heavy atom. The summed E-state index contributed by atoms with van der Waals surface area (Å²) in [5, 5.41) is 7.88. The van der Waals surface area contributed by atoms with Crippen molar-refractivity contribution in [2.24, 2.45) is 0 Å². The van der Waals surface area contributed by atoms with Crippen LogP contribution in [0.25, 0.3) is 27.8 Å². The molecule has 0 spiro atoms. The van der Waals surface area contributed by atoms with Crippen molar-refractivity contribution >= 4 is 38.4 Å². The maximum Gasteiger partial charge on any atom is 0.274 e. The number of nitrogen functional groups attached to an aromatic ring is 1. The van der Waals surface area contributed by atoms with Gasteiger partial charge in [-0.1, -0.05) is 30.3 Å². The number of sulfonamides is 1. The third-order valence-electron chi connectivity index (χ3n) is 5.69. The molecule has 0 saturated carbocycles. The van der Waals surface area contributed by atoms with Gasteiger partial charge in [0.2, 0.25) is 10.0 Å². The number of aryl methyl sites for hydroxylation is 1. The number of hydrogen-bond acceptors (Lipinski definition) is 7. The molecule has 0 aliphatic rings. The molecule has 3 heterocycles. The van der Waals surface area contributed by atoms with Crippen LogP contribution < -0.4 is 15.8 Å². The lowest BCUT2D eigenvalue weighted by Crippen LogP contribution is -2.19. The molecule has 2 aromatic carbocycles. The molecule has 0 aliphatic heterocycles. The number of benzene rings is 2. The van der Waals surface area contributed by atoms with Crippen LogP contribution in [-0.2, 0) is 10.0 Å². The minimum absolute atomic E-state index is 0.171. The second-order valence-electron chi connectivity index (χ2n) is 8.01. The van der Waals surface area contributed by atoms with Crippen LogP contribution >= 0.6 is 0 Å². The smallest absolute Gasteiger partial charge is 0.274 e. The molecule has 0 aliphatic carbocycles. The number of fused-ring (bicyclic) bond motifs is 1. The van der Waals surface area contributed by atoms with Crippen molar-refractivity contribution in [1.29, 1.82) is 0 Å². The van der Waals surface area contributed by atoms with Gasteiger partial charge >= 0.3 is 0 Å². The van der Waals surface area contributed by atoms with Crippen molar-refractivity contribution in [1.82, 2.24) is 19.5 Å². The van der Waals surface area contributed by atoms with E-state index >= 15 is 0 Å². The first kappa shape index (κ1) is 23.3. The summed E-state index contributed by atoms with van der Waals surface area (Å²) < 4.78 is 34.2. The standard InChI is InChI=1S/C25H22N6O4S/c1-15-13-19(31(30-15)20-14-35-21-11-12-28-24(26)23(20)21)25(32)29-17-9-7-16(8-10-17)18-5-3-4-6-22(18)36(33,34)27-2/h3-14,27H,1-2H3,(H2,26,28)(H,29,32). The predicted molar refractivity (Wildman–Crippen MR) is 136 cm³/mol. The lowest BCUT2D eigenvalue weighted by molar-refractivity contribution is 0.101. The molecule has 182 valence electrons. The van der Waals surface area contributed by atoms with E-state index in [-0.39, 0.29) is 16.4 Å². The van der Waals surface area contributed by atoms with E-state index in [0.717, 1.165) is 0 Å². The first-order valence-corrected chi connectivity index (χ1v) is 12.4. The highest BCUT2D eigenvalue weighted by Crippen LogP contribution is 2.30.